The lowest BCUT2D eigenvalue weighted by Crippen LogP contribution is -2.60. The molecule has 3 aliphatic carbocycles. The highest BCUT2D eigenvalue weighted by Crippen LogP contribution is 2.68. The van der Waals surface area contributed by atoms with Crippen LogP contribution in [0.2, 0.25) is 0 Å². The minimum atomic E-state index is -1.33. The van der Waals surface area contributed by atoms with Crippen LogP contribution in [0.15, 0.2) is 18.2 Å². The summed E-state index contributed by atoms with van der Waals surface area (Å²) in [6.45, 7) is 8.78. The Labute approximate surface area is 223 Å². The topological polar surface area (TPSA) is 121 Å². The monoisotopic (exact) mass is 527 g/mol. The van der Waals surface area contributed by atoms with Crippen LogP contribution in [-0.4, -0.2) is 70.5 Å². The fraction of sp³-hybridized carbons (Fsp3) is 0.700. The Bertz CT molecular complexity index is 1250. The molecule has 3 fully saturated rings. The van der Waals surface area contributed by atoms with Crippen LogP contribution in [0.4, 0.5) is 0 Å². The molecule has 2 aromatic rings. The lowest BCUT2D eigenvalue weighted by molar-refractivity contribution is -0.281. The van der Waals surface area contributed by atoms with Crippen molar-refractivity contribution in [1.29, 1.82) is 0 Å². The maximum atomic E-state index is 12.9. The normalized spacial score (nSPS) is 42.0. The fourth-order valence-electron chi connectivity index (χ4n) is 8.87. The molecule has 38 heavy (non-hydrogen) atoms. The molecule has 8 heteroatoms. The number of aromatic amines is 1. The van der Waals surface area contributed by atoms with Crippen LogP contribution >= 0.6 is 0 Å². The third kappa shape index (κ3) is 3.37. The van der Waals surface area contributed by atoms with Crippen LogP contribution in [0.5, 0.6) is 5.75 Å². The van der Waals surface area contributed by atoms with E-state index in [1.165, 1.54) is 23.8 Å². The van der Waals surface area contributed by atoms with Gasteiger partial charge in [0.2, 0.25) is 6.29 Å². The van der Waals surface area contributed by atoms with E-state index in [2.05, 4.69) is 38.7 Å². The van der Waals surface area contributed by atoms with Gasteiger partial charge in [-0.15, -0.1) is 0 Å². The minimum Gasteiger partial charge on any atom is -0.462 e. The number of aliphatic hydroxyl groups excluding tert-OH is 3. The zero-order chi connectivity index (χ0) is 27.2. The minimum absolute atomic E-state index is 0.0200. The predicted octanol–water partition coefficient (Wildman–Crippen LogP) is 3.24. The number of hydrogen-bond acceptors (Lipinski definition) is 7. The largest absolute Gasteiger partial charge is 0.462 e. The molecule has 1 saturated heterocycles. The maximum absolute atomic E-state index is 12.9. The van der Waals surface area contributed by atoms with Crippen molar-refractivity contribution in [3.63, 3.8) is 0 Å². The molecule has 4 N–H and O–H groups in total. The quantitative estimate of drug-likeness (QED) is 0.482. The number of benzene rings is 1. The van der Waals surface area contributed by atoms with E-state index < -0.39 is 30.7 Å². The van der Waals surface area contributed by atoms with Crippen LogP contribution in [0.25, 0.3) is 10.9 Å². The van der Waals surface area contributed by atoms with Gasteiger partial charge in [0.25, 0.3) is 0 Å². The zero-order valence-electron chi connectivity index (χ0n) is 23.0. The van der Waals surface area contributed by atoms with Crippen molar-refractivity contribution in [2.75, 3.05) is 13.7 Å². The summed E-state index contributed by atoms with van der Waals surface area (Å²) in [6, 6.07) is 5.84. The third-order valence-corrected chi connectivity index (χ3v) is 11.2. The van der Waals surface area contributed by atoms with Crippen LogP contribution in [0, 0.1) is 22.7 Å². The second-order valence-corrected chi connectivity index (χ2v) is 13.0. The third-order valence-electron chi connectivity index (χ3n) is 11.2. The Kier molecular flexibility index (Phi) is 6.06. The molecule has 0 bridgehead atoms. The molecule has 0 spiro atoms. The number of fused-ring (bicyclic) bond motifs is 7. The van der Waals surface area contributed by atoms with Gasteiger partial charge in [-0.05, 0) is 60.6 Å². The molecule has 9 atom stereocenters. The van der Waals surface area contributed by atoms with Crippen molar-refractivity contribution >= 4 is 16.7 Å². The number of ketones is 1. The summed E-state index contributed by atoms with van der Waals surface area (Å²) in [4.78, 5) is 16.7. The highest BCUT2D eigenvalue weighted by atomic mass is 16.7. The van der Waals surface area contributed by atoms with E-state index in [0.29, 0.717) is 29.8 Å². The van der Waals surface area contributed by atoms with Crippen molar-refractivity contribution in [3.05, 3.63) is 29.5 Å². The summed E-state index contributed by atoms with van der Waals surface area (Å²) in [5, 5.41) is 31.9. The number of methoxy groups -OCH3 is 1. The summed E-state index contributed by atoms with van der Waals surface area (Å²) >= 11 is 0. The highest BCUT2D eigenvalue weighted by Gasteiger charge is 2.65. The van der Waals surface area contributed by atoms with Crippen LogP contribution in [0.1, 0.15) is 64.6 Å². The van der Waals surface area contributed by atoms with Gasteiger partial charge in [0.05, 0.1) is 6.61 Å². The first-order chi connectivity index (χ1) is 18.0. The molecular formula is C30H41NO7. The van der Waals surface area contributed by atoms with Crippen molar-refractivity contribution in [2.45, 2.75) is 95.9 Å². The molecule has 1 aromatic heterocycles. The molecule has 1 aromatic carbocycles. The number of aromatic nitrogens is 1. The van der Waals surface area contributed by atoms with Crippen molar-refractivity contribution in [2.24, 2.45) is 22.7 Å². The first-order valence-electron chi connectivity index (χ1n) is 14.0. The van der Waals surface area contributed by atoms with E-state index in [1.54, 1.807) is 0 Å². The van der Waals surface area contributed by atoms with E-state index in [0.717, 1.165) is 31.2 Å². The van der Waals surface area contributed by atoms with E-state index >= 15 is 0 Å². The van der Waals surface area contributed by atoms with Crippen molar-refractivity contribution in [3.8, 4) is 5.75 Å². The van der Waals surface area contributed by atoms with E-state index in [1.807, 2.05) is 12.1 Å². The number of H-pyrrole nitrogens is 1. The van der Waals surface area contributed by atoms with Crippen molar-refractivity contribution in [1.82, 2.24) is 4.98 Å². The standard InChI is InChI=1S/C30H41NO7/c1-28(2)21-9-6-15-12-18-17-8-7-16(37-27-24(35)23(34)25(36-5)20(14-32)38-27)13-19(17)31-26(18)30(15,4)29(21,3)11-10-22(28)33/h7-8,13,15,20-21,23-25,27,31-32,34-35H,6,9-12,14H2,1-5H3. The van der Waals surface area contributed by atoms with Gasteiger partial charge in [0, 0.05) is 47.0 Å². The molecule has 208 valence electrons. The Balaban J connectivity index is 1.33. The fourth-order valence-corrected chi connectivity index (χ4v) is 8.87. The van der Waals surface area contributed by atoms with Gasteiger partial charge in [0.15, 0.2) is 0 Å². The van der Waals surface area contributed by atoms with Gasteiger partial charge >= 0.3 is 0 Å². The molecule has 0 radical (unpaired) electrons. The van der Waals surface area contributed by atoms with Crippen LogP contribution in [0.3, 0.4) is 0 Å². The van der Waals surface area contributed by atoms with Gasteiger partial charge < -0.3 is 34.5 Å². The Morgan fingerprint density at radius 2 is 1.89 bits per heavy atom. The molecule has 2 saturated carbocycles. The van der Waals surface area contributed by atoms with Gasteiger partial charge in [-0.1, -0.05) is 27.7 Å². The molecule has 4 aliphatic rings. The molecule has 2 heterocycles. The first-order valence-corrected chi connectivity index (χ1v) is 14.0. The number of carbonyl (C=O) groups excluding carboxylic acids is 1. The summed E-state index contributed by atoms with van der Waals surface area (Å²) in [5.74, 6) is 1.79. The van der Waals surface area contributed by atoms with Crippen LogP contribution in [-0.2, 0) is 26.1 Å². The van der Waals surface area contributed by atoms with Crippen LogP contribution < -0.4 is 4.74 Å². The number of rotatable bonds is 4. The average molecular weight is 528 g/mol. The van der Waals surface area contributed by atoms with Gasteiger partial charge in [-0.3, -0.25) is 4.79 Å². The smallest absolute Gasteiger partial charge is 0.229 e. The molecule has 8 nitrogen and oxygen atoms in total. The Morgan fingerprint density at radius 3 is 2.61 bits per heavy atom. The van der Waals surface area contributed by atoms with Gasteiger partial charge in [-0.25, -0.2) is 0 Å². The number of ether oxygens (including phenoxy) is 3. The van der Waals surface area contributed by atoms with E-state index in [4.69, 9.17) is 14.2 Å². The summed E-state index contributed by atoms with van der Waals surface area (Å²) in [7, 11) is 1.40. The van der Waals surface area contributed by atoms with Crippen molar-refractivity contribution < 1.29 is 34.3 Å². The molecule has 0 amide bonds. The number of hydrogen-bond donors (Lipinski definition) is 4. The first kappa shape index (κ1) is 26.3. The lowest BCUT2D eigenvalue weighted by Gasteiger charge is -2.62. The molecule has 6 rings (SSSR count). The molecule has 9 unspecified atom stereocenters. The van der Waals surface area contributed by atoms with E-state index in [9.17, 15) is 20.1 Å². The summed E-state index contributed by atoms with van der Waals surface area (Å²) in [5.41, 5.74) is 3.27. The Morgan fingerprint density at radius 1 is 1.13 bits per heavy atom. The van der Waals surface area contributed by atoms with Gasteiger partial charge in [0.1, 0.15) is 35.9 Å². The predicted molar refractivity (Wildman–Crippen MR) is 141 cm³/mol. The number of carbonyl (C=O) groups is 1. The maximum Gasteiger partial charge on any atom is 0.229 e. The number of nitrogens with one attached hydrogen (secondary N) is 1. The number of Topliss-reactive ketones (excluding diaryl/α,β-unsaturated/α-hetero) is 1. The summed E-state index contributed by atoms with van der Waals surface area (Å²) < 4.78 is 16.9. The SMILES string of the molecule is COC1C(CO)OC(Oc2ccc3c4c([nH]c3c2)C2(C)C(CCC3C(C)(C)C(=O)CCC32C)C4)C(O)C1O. The zero-order valence-corrected chi connectivity index (χ0v) is 23.0. The lowest BCUT2D eigenvalue weighted by atomic mass is 9.41. The second-order valence-electron chi connectivity index (χ2n) is 13.0. The summed E-state index contributed by atoms with van der Waals surface area (Å²) in [6.07, 6.45) is -0.570. The second kappa shape index (κ2) is 8.77. The number of aliphatic hydroxyl groups is 3. The molecular weight excluding hydrogens is 486 g/mol. The average Bonchev–Trinajstić information content (AvgIpc) is 3.39. The molecule has 1 aliphatic heterocycles. The highest BCUT2D eigenvalue weighted by molar-refractivity contribution is 5.88. The van der Waals surface area contributed by atoms with Gasteiger partial charge in [-0.2, -0.15) is 0 Å². The van der Waals surface area contributed by atoms with E-state index in [-0.39, 0.29) is 22.9 Å². The Hall–Kier alpha value is -1.97.